The van der Waals surface area contributed by atoms with E-state index in [1.807, 2.05) is 0 Å². The number of anilines is 1. The summed E-state index contributed by atoms with van der Waals surface area (Å²) in [5.41, 5.74) is 6.59. The fraction of sp³-hybridized carbons (Fsp3) is 0.535. The fourth-order valence-electron chi connectivity index (χ4n) is 8.36. The molecular weight excluding hydrogens is 620 g/mol. The molecule has 2 N–H and O–H groups in total. The van der Waals surface area contributed by atoms with Crippen molar-refractivity contribution in [3.8, 4) is 11.5 Å². The van der Waals surface area contributed by atoms with Crippen LogP contribution in [0.1, 0.15) is 138 Å². The van der Waals surface area contributed by atoms with E-state index in [0.717, 1.165) is 65.1 Å². The van der Waals surface area contributed by atoms with E-state index in [1.165, 1.54) is 38.5 Å². The lowest BCUT2D eigenvalue weighted by atomic mass is 9.83. The van der Waals surface area contributed by atoms with Crippen LogP contribution < -0.4 is 20.1 Å². The summed E-state index contributed by atoms with van der Waals surface area (Å²) in [5.74, 6) is 2.74. The van der Waals surface area contributed by atoms with Crippen LogP contribution in [0.5, 0.6) is 11.5 Å². The summed E-state index contributed by atoms with van der Waals surface area (Å²) < 4.78 is 11.7. The van der Waals surface area contributed by atoms with Crippen LogP contribution in [-0.2, 0) is 11.2 Å². The molecule has 1 aliphatic heterocycles. The number of ether oxygens (including phenoxy) is 2. The van der Waals surface area contributed by atoms with Gasteiger partial charge in [-0.05, 0) is 77.5 Å². The van der Waals surface area contributed by atoms with Gasteiger partial charge in [-0.1, -0.05) is 115 Å². The number of nitrogens with zero attached hydrogens (tertiary/aromatic N) is 2. The molecule has 0 aromatic heterocycles. The molecule has 2 aliphatic carbocycles. The number of guanidine groups is 1. The third-order valence-corrected chi connectivity index (χ3v) is 11.1. The first-order chi connectivity index (χ1) is 24.3. The Balaban J connectivity index is 1.55. The molecule has 7 heteroatoms. The molecule has 0 bridgehead atoms. The van der Waals surface area contributed by atoms with Crippen molar-refractivity contribution in [2.45, 2.75) is 134 Å². The van der Waals surface area contributed by atoms with Gasteiger partial charge in [-0.2, -0.15) is 0 Å². The van der Waals surface area contributed by atoms with Crippen LogP contribution in [0.15, 0.2) is 65.7 Å². The molecule has 0 saturated heterocycles. The van der Waals surface area contributed by atoms with Crippen LogP contribution >= 0.6 is 0 Å². The lowest BCUT2D eigenvalue weighted by Gasteiger charge is -2.46. The number of hydrogen-bond acceptors (Lipinski definition) is 4. The average Bonchev–Trinajstić information content (AvgIpc) is 3.14. The van der Waals surface area contributed by atoms with Crippen molar-refractivity contribution >= 4 is 17.6 Å². The van der Waals surface area contributed by atoms with Gasteiger partial charge in [-0.3, -0.25) is 4.79 Å². The average molecular weight is 679 g/mol. The Morgan fingerprint density at radius 2 is 1.38 bits per heavy atom. The molecule has 3 aromatic carbocycles. The van der Waals surface area contributed by atoms with E-state index in [0.29, 0.717) is 24.0 Å². The van der Waals surface area contributed by atoms with Gasteiger partial charge < -0.3 is 25.0 Å². The highest BCUT2D eigenvalue weighted by molar-refractivity contribution is 6.00. The van der Waals surface area contributed by atoms with Crippen LogP contribution in [-0.4, -0.2) is 49.1 Å². The topological polar surface area (TPSA) is 75.2 Å². The number of fused-ring (bicyclic) bond motifs is 1. The number of amides is 1. The molecule has 50 heavy (non-hydrogen) atoms. The van der Waals surface area contributed by atoms with E-state index in [2.05, 4.69) is 104 Å². The third-order valence-electron chi connectivity index (χ3n) is 11.1. The van der Waals surface area contributed by atoms with E-state index in [9.17, 15) is 0 Å². The van der Waals surface area contributed by atoms with Crippen LogP contribution in [0.4, 0.5) is 5.69 Å². The standard InChI is InChI=1S/C43H58N4O3/c1-28(2)34-23-16-24-35(29(3)4)40(34)46-42(48)37-25-31-26-38(49-5)39(50-6)27-36(31)41(30-17-10-7-11-18-30)47(37)43(44-32-19-12-8-13-20-32)45-33-21-14-9-15-22-33/h7,10-11,16-18,23-24,26-29,32-33,37,41H,8-9,12-15,19-22,25H2,1-6H3,(H,44,45)(H,46,48)/t37-,41-/m0/s1. The molecule has 3 aliphatic rings. The number of carbonyl (C=O) groups excluding carboxylic acids is 1. The molecule has 2 fully saturated rings. The number of nitrogens with one attached hydrogen (secondary N) is 2. The molecule has 268 valence electrons. The molecule has 2 atom stereocenters. The quantitative estimate of drug-likeness (QED) is 0.174. The van der Waals surface area contributed by atoms with Crippen LogP contribution in [0, 0.1) is 0 Å². The largest absolute Gasteiger partial charge is 0.493 e. The highest BCUT2D eigenvalue weighted by Gasteiger charge is 2.43. The number of carbonyl (C=O) groups is 1. The summed E-state index contributed by atoms with van der Waals surface area (Å²) in [6, 6.07) is 21.0. The molecule has 3 aromatic rings. The highest BCUT2D eigenvalue weighted by Crippen LogP contribution is 2.44. The smallest absolute Gasteiger partial charge is 0.247 e. The minimum absolute atomic E-state index is 0.0110. The van der Waals surface area contributed by atoms with Crippen molar-refractivity contribution in [1.82, 2.24) is 10.2 Å². The maximum Gasteiger partial charge on any atom is 0.247 e. The summed E-state index contributed by atoms with van der Waals surface area (Å²) in [5, 5.41) is 7.54. The van der Waals surface area contributed by atoms with Crippen molar-refractivity contribution in [2.75, 3.05) is 19.5 Å². The van der Waals surface area contributed by atoms with Gasteiger partial charge in [-0.25, -0.2) is 4.99 Å². The van der Waals surface area contributed by atoms with E-state index in [4.69, 9.17) is 14.5 Å². The minimum Gasteiger partial charge on any atom is -0.493 e. The Bertz CT molecular complexity index is 1600. The predicted octanol–water partition coefficient (Wildman–Crippen LogP) is 9.52. The van der Waals surface area contributed by atoms with Crippen molar-refractivity contribution in [1.29, 1.82) is 0 Å². The molecule has 0 unspecified atom stereocenters. The van der Waals surface area contributed by atoms with E-state index in [1.54, 1.807) is 14.2 Å². The Labute approximate surface area is 300 Å². The zero-order valence-electron chi connectivity index (χ0n) is 31.1. The number of para-hydroxylation sites is 1. The van der Waals surface area contributed by atoms with Gasteiger partial charge >= 0.3 is 0 Å². The Morgan fingerprint density at radius 1 is 0.780 bits per heavy atom. The molecule has 0 spiro atoms. The van der Waals surface area contributed by atoms with Crippen LogP contribution in [0.3, 0.4) is 0 Å². The second-order valence-electron chi connectivity index (χ2n) is 15.2. The fourth-order valence-corrected chi connectivity index (χ4v) is 8.36. The number of benzene rings is 3. The molecule has 2 saturated carbocycles. The lowest BCUT2D eigenvalue weighted by molar-refractivity contribution is -0.120. The first-order valence-corrected chi connectivity index (χ1v) is 19.1. The maximum atomic E-state index is 15.2. The molecule has 1 amide bonds. The monoisotopic (exact) mass is 678 g/mol. The number of aliphatic imine (C=N–C) groups is 1. The Morgan fingerprint density at radius 3 is 1.98 bits per heavy atom. The Hall–Kier alpha value is -4.00. The van der Waals surface area contributed by atoms with Crippen molar-refractivity contribution in [2.24, 2.45) is 4.99 Å². The molecule has 1 heterocycles. The summed E-state index contributed by atoms with van der Waals surface area (Å²) in [6.07, 6.45) is 12.3. The van der Waals surface area contributed by atoms with Crippen molar-refractivity contribution in [3.63, 3.8) is 0 Å². The van der Waals surface area contributed by atoms with Gasteiger partial charge in [0.25, 0.3) is 0 Å². The van der Waals surface area contributed by atoms with Gasteiger partial charge in [0.05, 0.1) is 26.3 Å². The van der Waals surface area contributed by atoms with Gasteiger partial charge in [0.1, 0.15) is 6.04 Å². The molecular formula is C43H58N4O3. The second-order valence-corrected chi connectivity index (χ2v) is 15.2. The molecule has 6 rings (SSSR count). The van der Waals surface area contributed by atoms with Crippen LogP contribution in [0.2, 0.25) is 0 Å². The maximum absolute atomic E-state index is 15.2. The van der Waals surface area contributed by atoms with Crippen molar-refractivity contribution < 1.29 is 14.3 Å². The molecule has 0 radical (unpaired) electrons. The van der Waals surface area contributed by atoms with Crippen LogP contribution in [0.25, 0.3) is 0 Å². The van der Waals surface area contributed by atoms with Gasteiger partial charge in [0, 0.05) is 18.2 Å². The SMILES string of the molecule is COc1cc2c(cc1OC)[C@H](c1ccccc1)N(C(=NC1CCCCC1)NC1CCCCC1)[C@H](C(=O)Nc1c(C(C)C)cccc1C(C)C)C2. The van der Waals surface area contributed by atoms with Gasteiger partial charge in [0.15, 0.2) is 17.5 Å². The lowest BCUT2D eigenvalue weighted by Crippen LogP contribution is -2.58. The van der Waals surface area contributed by atoms with Gasteiger partial charge in [-0.15, -0.1) is 0 Å². The zero-order valence-corrected chi connectivity index (χ0v) is 31.1. The number of rotatable bonds is 9. The third kappa shape index (κ3) is 7.82. The van der Waals surface area contributed by atoms with E-state index < -0.39 is 6.04 Å². The van der Waals surface area contributed by atoms with Crippen molar-refractivity contribution in [3.05, 3.63) is 88.5 Å². The summed E-state index contributed by atoms with van der Waals surface area (Å²) in [7, 11) is 3.37. The normalized spacial score (nSPS) is 20.5. The second kappa shape index (κ2) is 16.3. The van der Waals surface area contributed by atoms with Gasteiger partial charge in [0.2, 0.25) is 5.91 Å². The summed E-state index contributed by atoms with van der Waals surface area (Å²) in [4.78, 5) is 23.1. The van der Waals surface area contributed by atoms with E-state index in [-0.39, 0.29) is 29.8 Å². The Kier molecular flexibility index (Phi) is 11.7. The highest BCUT2D eigenvalue weighted by atomic mass is 16.5. The summed E-state index contributed by atoms with van der Waals surface area (Å²) >= 11 is 0. The predicted molar refractivity (Wildman–Crippen MR) is 205 cm³/mol. The first kappa shape index (κ1) is 35.8. The molecule has 7 nitrogen and oxygen atoms in total. The van der Waals surface area contributed by atoms with E-state index >= 15 is 4.79 Å². The number of methoxy groups -OCH3 is 2. The number of hydrogen-bond donors (Lipinski definition) is 2. The minimum atomic E-state index is -0.524. The first-order valence-electron chi connectivity index (χ1n) is 19.1. The zero-order chi connectivity index (χ0) is 35.2. The summed E-state index contributed by atoms with van der Waals surface area (Å²) in [6.45, 7) is 8.80.